The first-order valence-corrected chi connectivity index (χ1v) is 7.52. The molecule has 0 aliphatic carbocycles. The molecule has 0 heterocycles. The van der Waals surface area contributed by atoms with Gasteiger partial charge in [0.05, 0.1) is 19.8 Å². The second kappa shape index (κ2) is 23.5. The molecule has 0 bridgehead atoms. The van der Waals surface area contributed by atoms with Gasteiger partial charge in [-0.2, -0.15) is 0 Å². The maximum Gasteiger partial charge on any atom is 0.327 e. The van der Waals surface area contributed by atoms with E-state index in [4.69, 9.17) is 35.4 Å². The number of hydrogen-bond acceptors (Lipinski definition) is 7. The second-order valence-corrected chi connectivity index (χ2v) is 4.55. The Hall–Kier alpha value is -2.53. The number of carboxylic acids is 3. The molecule has 0 atom stereocenters. The molecule has 0 aromatic heterocycles. The van der Waals surface area contributed by atoms with Crippen LogP contribution >= 0.6 is 0 Å². The topological polar surface area (TPSA) is 182 Å². The summed E-state index contributed by atoms with van der Waals surface area (Å²) < 4.78 is 5.06. The molecule has 0 rings (SSSR count). The fourth-order valence-electron chi connectivity index (χ4n) is 0.820. The van der Waals surface area contributed by atoms with E-state index in [1.807, 2.05) is 6.92 Å². The van der Waals surface area contributed by atoms with Gasteiger partial charge >= 0.3 is 17.9 Å². The van der Waals surface area contributed by atoms with Gasteiger partial charge in [-0.1, -0.05) is 19.7 Å². The third-order valence-corrected chi connectivity index (χ3v) is 2.51. The van der Waals surface area contributed by atoms with Crippen molar-refractivity contribution < 1.29 is 49.8 Å². The zero-order valence-corrected chi connectivity index (χ0v) is 15.4. The fourth-order valence-corrected chi connectivity index (χ4v) is 0.820. The molecular weight excluding hydrogens is 364 g/mol. The Labute approximate surface area is 158 Å². The number of rotatable bonds is 10. The highest BCUT2D eigenvalue weighted by atomic mass is 16.5. The Kier molecular flexibility index (Phi) is 28.0. The monoisotopic (exact) mass is 394 g/mol. The molecule has 0 aromatic carbocycles. The van der Waals surface area contributed by atoms with Crippen LogP contribution in [0.25, 0.3) is 0 Å². The molecule has 0 saturated heterocycles. The summed E-state index contributed by atoms with van der Waals surface area (Å²) in [6.07, 6.45) is 2.98. The van der Waals surface area contributed by atoms with Crippen LogP contribution in [-0.2, 0) is 19.1 Å². The lowest BCUT2D eigenvalue weighted by atomic mass is 9.88. The van der Waals surface area contributed by atoms with E-state index >= 15 is 0 Å². The average Bonchev–Trinajstić information content (AvgIpc) is 2.67. The highest BCUT2D eigenvalue weighted by Gasteiger charge is 2.27. The molecule has 0 amide bonds. The van der Waals surface area contributed by atoms with Gasteiger partial charge in [0.15, 0.2) is 0 Å². The molecule has 0 unspecified atom stereocenters. The Balaban J connectivity index is -0.000000147. The minimum atomic E-state index is -0.981. The summed E-state index contributed by atoms with van der Waals surface area (Å²) in [6.45, 7) is 11.2. The van der Waals surface area contributed by atoms with Crippen LogP contribution in [-0.4, -0.2) is 81.6 Å². The average molecular weight is 394 g/mol. The molecule has 10 nitrogen and oxygen atoms in total. The van der Waals surface area contributed by atoms with Crippen LogP contribution in [0, 0.1) is 5.41 Å². The molecular formula is C17H30O10. The summed E-state index contributed by atoms with van der Waals surface area (Å²) >= 11 is 0. The summed E-state index contributed by atoms with van der Waals surface area (Å²) in [5.74, 6) is -2.94. The summed E-state index contributed by atoms with van der Waals surface area (Å²) in [4.78, 5) is 27.8. The lowest BCUT2D eigenvalue weighted by molar-refractivity contribution is -0.132. The van der Waals surface area contributed by atoms with Crippen LogP contribution < -0.4 is 0 Å². The maximum atomic E-state index is 9.25. The van der Waals surface area contributed by atoms with Crippen molar-refractivity contribution in [2.24, 2.45) is 5.41 Å². The summed E-state index contributed by atoms with van der Waals surface area (Å²) in [6, 6.07) is 0. The van der Waals surface area contributed by atoms with Crippen molar-refractivity contribution in [1.82, 2.24) is 0 Å². The number of ether oxygens (including phenoxy) is 1. The number of carbonyl (C=O) groups is 3. The van der Waals surface area contributed by atoms with E-state index in [0.717, 1.165) is 18.2 Å². The molecule has 0 saturated carbocycles. The first-order chi connectivity index (χ1) is 12.6. The van der Waals surface area contributed by atoms with Gasteiger partial charge in [0.1, 0.15) is 0 Å². The smallest absolute Gasteiger partial charge is 0.327 e. The van der Waals surface area contributed by atoms with Crippen molar-refractivity contribution in [3.8, 4) is 0 Å². The molecule has 0 fully saturated rings. The van der Waals surface area contributed by atoms with Crippen LogP contribution in [0.1, 0.15) is 13.3 Å². The Morgan fingerprint density at radius 3 is 1.22 bits per heavy atom. The minimum Gasteiger partial charge on any atom is -0.478 e. The van der Waals surface area contributed by atoms with Gasteiger partial charge in [-0.3, -0.25) is 0 Å². The lowest BCUT2D eigenvalue weighted by Gasteiger charge is -2.26. The van der Waals surface area contributed by atoms with Gasteiger partial charge in [0.2, 0.25) is 0 Å². The highest BCUT2D eigenvalue weighted by molar-refractivity contribution is 5.79. The number of aliphatic hydroxyl groups is 3. The number of carboxylic acid groups (broad SMARTS) is 3. The van der Waals surface area contributed by atoms with Crippen molar-refractivity contribution >= 4 is 17.9 Å². The Morgan fingerprint density at radius 2 is 1.07 bits per heavy atom. The number of hydrogen-bond donors (Lipinski definition) is 6. The summed E-state index contributed by atoms with van der Waals surface area (Å²) in [5, 5.41) is 49.5. The molecule has 27 heavy (non-hydrogen) atoms. The maximum absolute atomic E-state index is 9.25. The molecule has 0 aromatic rings. The normalized spacial score (nSPS) is 8.89. The third-order valence-electron chi connectivity index (χ3n) is 2.51. The second-order valence-electron chi connectivity index (χ2n) is 4.55. The Morgan fingerprint density at radius 1 is 0.815 bits per heavy atom. The van der Waals surface area contributed by atoms with Crippen LogP contribution in [0.3, 0.4) is 0 Å². The first-order valence-electron chi connectivity index (χ1n) is 7.52. The highest BCUT2D eigenvalue weighted by Crippen LogP contribution is 2.19. The van der Waals surface area contributed by atoms with E-state index in [2.05, 4.69) is 19.7 Å². The quantitative estimate of drug-likeness (QED) is 0.220. The van der Waals surface area contributed by atoms with E-state index in [1.54, 1.807) is 0 Å². The van der Waals surface area contributed by atoms with Crippen molar-refractivity contribution in [3.63, 3.8) is 0 Å². The lowest BCUT2D eigenvalue weighted by Crippen LogP contribution is -2.35. The largest absolute Gasteiger partial charge is 0.478 e. The molecule has 0 radical (unpaired) electrons. The molecule has 158 valence electrons. The Bertz CT molecular complexity index is 376. The van der Waals surface area contributed by atoms with Gasteiger partial charge in [-0.15, -0.1) is 0 Å². The zero-order chi connectivity index (χ0) is 22.3. The van der Waals surface area contributed by atoms with E-state index in [0.29, 0.717) is 19.6 Å². The van der Waals surface area contributed by atoms with Gasteiger partial charge in [0.25, 0.3) is 0 Å². The standard InChI is InChI=1S/C8H18O4.3C3H4O2/c1-2-12-4-3-8(5-9,6-10)7-11;3*1-2-3(4)5/h9-11H,2-7H2,1H3;3*2H,1H2,(H,4,5). The minimum absolute atomic E-state index is 0.215. The molecule has 6 N–H and O–H groups in total. The van der Waals surface area contributed by atoms with Gasteiger partial charge in [0, 0.05) is 36.9 Å². The van der Waals surface area contributed by atoms with Crippen LogP contribution in [0.2, 0.25) is 0 Å². The van der Waals surface area contributed by atoms with Crippen LogP contribution in [0.4, 0.5) is 0 Å². The van der Waals surface area contributed by atoms with Crippen LogP contribution in [0.15, 0.2) is 38.0 Å². The van der Waals surface area contributed by atoms with Gasteiger partial charge in [-0.05, 0) is 13.3 Å². The van der Waals surface area contributed by atoms with Crippen molar-refractivity contribution in [2.45, 2.75) is 13.3 Å². The summed E-state index contributed by atoms with van der Waals surface area (Å²) in [7, 11) is 0. The molecule has 10 heteroatoms. The van der Waals surface area contributed by atoms with E-state index in [9.17, 15) is 14.4 Å². The van der Waals surface area contributed by atoms with Crippen LogP contribution in [0.5, 0.6) is 0 Å². The third kappa shape index (κ3) is 31.7. The fraction of sp³-hybridized carbons (Fsp3) is 0.471. The van der Waals surface area contributed by atoms with Gasteiger partial charge in [-0.25, -0.2) is 14.4 Å². The van der Waals surface area contributed by atoms with E-state index in [1.165, 1.54) is 0 Å². The van der Waals surface area contributed by atoms with Crippen molar-refractivity contribution in [1.29, 1.82) is 0 Å². The summed E-state index contributed by atoms with van der Waals surface area (Å²) in [5.41, 5.74) is -0.783. The zero-order valence-electron chi connectivity index (χ0n) is 15.4. The predicted octanol–water partition coefficient (Wildman–Crippen LogP) is 0.147. The molecule has 0 spiro atoms. The molecule has 0 aliphatic heterocycles. The molecule has 0 aliphatic rings. The number of aliphatic carboxylic acids is 3. The number of aliphatic hydroxyl groups excluding tert-OH is 3. The van der Waals surface area contributed by atoms with E-state index in [-0.39, 0.29) is 19.8 Å². The van der Waals surface area contributed by atoms with E-state index < -0.39 is 23.3 Å². The SMILES string of the molecule is C=CC(=O)O.C=CC(=O)O.C=CC(=O)O.CCOCCC(CO)(CO)CO. The first kappa shape index (κ1) is 32.2. The predicted molar refractivity (Wildman–Crippen MR) is 98.3 cm³/mol. The van der Waals surface area contributed by atoms with Gasteiger partial charge < -0.3 is 35.4 Å². The van der Waals surface area contributed by atoms with Crippen molar-refractivity contribution in [3.05, 3.63) is 38.0 Å². The van der Waals surface area contributed by atoms with Crippen molar-refractivity contribution in [2.75, 3.05) is 33.0 Å².